The third-order valence-electron chi connectivity index (χ3n) is 5.13. The molecule has 0 saturated heterocycles. The molecule has 180 valence electrons. The van der Waals surface area contributed by atoms with Crippen molar-refractivity contribution < 1.29 is 38.5 Å². The van der Waals surface area contributed by atoms with Crippen molar-refractivity contribution >= 4 is 34.6 Å². The largest absolute Gasteiger partial charge is 0.478 e. The van der Waals surface area contributed by atoms with Crippen LogP contribution in [0, 0.1) is 0 Å². The van der Waals surface area contributed by atoms with E-state index in [1.807, 2.05) is 0 Å². The van der Waals surface area contributed by atoms with Crippen LogP contribution in [0.25, 0.3) is 22.0 Å². The number of aromatic amines is 1. The van der Waals surface area contributed by atoms with Crippen molar-refractivity contribution in [1.82, 2.24) is 15.5 Å². The van der Waals surface area contributed by atoms with Crippen LogP contribution in [-0.4, -0.2) is 51.3 Å². The number of amides is 1. The molecule has 12 nitrogen and oxygen atoms in total. The van der Waals surface area contributed by atoms with Crippen molar-refractivity contribution in [3.63, 3.8) is 0 Å². The topological polar surface area (TPSA) is 174 Å². The summed E-state index contributed by atoms with van der Waals surface area (Å²) in [6.07, 6.45) is -3.93. The van der Waals surface area contributed by atoms with Crippen LogP contribution in [0.4, 0.5) is 0 Å². The molecule has 2 atom stereocenters. The molecule has 3 N–H and O–H groups in total. The Hall–Kier alpha value is -4.74. The first-order valence-corrected chi connectivity index (χ1v) is 10.3. The predicted molar refractivity (Wildman–Crippen MR) is 118 cm³/mol. The molecule has 1 aromatic heterocycles. The standard InChI is InChI=1S/C23H19N3O9/c1-10(27)33-19(20(23(31)32)34-11(2)28)22(30)24-9-12-6-7-15-14(8-12)18-17-13(21(29)26-25-18)4-3-5-16(17)35-15/h3-8,19-20H,9H2,1-2H3,(H,24,30)(H,26,29)(H,31,32). The highest BCUT2D eigenvalue weighted by Gasteiger charge is 2.39. The Morgan fingerprint density at radius 1 is 1.06 bits per heavy atom. The van der Waals surface area contributed by atoms with Crippen LogP contribution in [0.2, 0.25) is 0 Å². The van der Waals surface area contributed by atoms with Gasteiger partial charge in [-0.2, -0.15) is 5.10 Å². The Bertz CT molecular complexity index is 1430. The van der Waals surface area contributed by atoms with Crippen LogP contribution < -0.4 is 15.6 Å². The van der Waals surface area contributed by atoms with Gasteiger partial charge in [0.1, 0.15) is 17.2 Å². The number of hydrogen-bond acceptors (Lipinski definition) is 9. The predicted octanol–water partition coefficient (Wildman–Crippen LogP) is 1.26. The summed E-state index contributed by atoms with van der Waals surface area (Å²) in [5.74, 6) is -3.55. The molecule has 1 amide bonds. The van der Waals surface area contributed by atoms with Gasteiger partial charge in [-0.05, 0) is 29.8 Å². The smallest absolute Gasteiger partial charge is 0.349 e. The van der Waals surface area contributed by atoms with Crippen LogP contribution in [0.15, 0.2) is 41.2 Å². The number of rotatable bonds is 7. The molecule has 1 aliphatic rings. The lowest BCUT2D eigenvalue weighted by molar-refractivity contribution is -0.180. The Morgan fingerprint density at radius 3 is 2.46 bits per heavy atom. The average Bonchev–Trinajstić information content (AvgIpc) is 2.81. The summed E-state index contributed by atoms with van der Waals surface area (Å²) in [4.78, 5) is 59.1. The van der Waals surface area contributed by atoms with Gasteiger partial charge in [-0.25, -0.2) is 9.89 Å². The number of esters is 2. The molecule has 0 fully saturated rings. The van der Waals surface area contributed by atoms with Gasteiger partial charge in [-0.3, -0.25) is 19.2 Å². The molecular weight excluding hydrogens is 462 g/mol. The molecule has 0 spiro atoms. The summed E-state index contributed by atoms with van der Waals surface area (Å²) < 4.78 is 15.4. The quantitative estimate of drug-likeness (QED) is 0.326. The number of nitrogens with one attached hydrogen (secondary N) is 2. The van der Waals surface area contributed by atoms with Gasteiger partial charge >= 0.3 is 17.9 Å². The third-order valence-corrected chi connectivity index (χ3v) is 5.13. The number of carbonyl (C=O) groups is 4. The zero-order valence-electron chi connectivity index (χ0n) is 18.5. The Labute approximate surface area is 196 Å². The van der Waals surface area contributed by atoms with Gasteiger partial charge in [-0.1, -0.05) is 12.1 Å². The molecule has 0 aliphatic carbocycles. The summed E-state index contributed by atoms with van der Waals surface area (Å²) in [5.41, 5.74) is 1.26. The average molecular weight is 481 g/mol. The first-order chi connectivity index (χ1) is 16.7. The van der Waals surface area contributed by atoms with Gasteiger partial charge in [0.05, 0.1) is 10.8 Å². The van der Waals surface area contributed by atoms with Crippen LogP contribution in [0.5, 0.6) is 11.5 Å². The second-order valence-corrected chi connectivity index (χ2v) is 7.63. The van der Waals surface area contributed by atoms with E-state index < -0.39 is 36.0 Å². The molecular formula is C23H19N3O9. The van der Waals surface area contributed by atoms with E-state index in [1.165, 1.54) is 0 Å². The van der Waals surface area contributed by atoms with E-state index in [4.69, 9.17) is 9.47 Å². The van der Waals surface area contributed by atoms with E-state index in [1.54, 1.807) is 36.4 Å². The third kappa shape index (κ3) is 4.67. The van der Waals surface area contributed by atoms with Gasteiger partial charge in [0.25, 0.3) is 11.5 Å². The van der Waals surface area contributed by atoms with Gasteiger partial charge in [0.2, 0.25) is 12.2 Å². The molecule has 0 radical (unpaired) electrons. The van der Waals surface area contributed by atoms with E-state index in [2.05, 4.69) is 20.3 Å². The van der Waals surface area contributed by atoms with Crippen molar-refractivity contribution in [3.8, 4) is 22.8 Å². The molecule has 0 saturated carbocycles. The summed E-state index contributed by atoms with van der Waals surface area (Å²) >= 11 is 0. The Morgan fingerprint density at radius 2 is 1.77 bits per heavy atom. The second-order valence-electron chi connectivity index (χ2n) is 7.63. The molecule has 3 aromatic rings. The number of H-pyrrole nitrogens is 1. The van der Waals surface area contributed by atoms with E-state index in [0.717, 1.165) is 13.8 Å². The van der Waals surface area contributed by atoms with Crippen molar-refractivity contribution in [2.45, 2.75) is 32.6 Å². The number of fused-ring (bicyclic) bond motifs is 2. The Balaban J connectivity index is 1.60. The lowest BCUT2D eigenvalue weighted by atomic mass is 9.99. The maximum Gasteiger partial charge on any atom is 0.349 e. The first-order valence-electron chi connectivity index (χ1n) is 10.3. The minimum absolute atomic E-state index is 0.0928. The summed E-state index contributed by atoms with van der Waals surface area (Å²) in [7, 11) is 0. The fraction of sp³-hybridized carbons (Fsp3) is 0.217. The molecule has 35 heavy (non-hydrogen) atoms. The van der Waals surface area contributed by atoms with Gasteiger partial charge in [-0.15, -0.1) is 0 Å². The zero-order chi connectivity index (χ0) is 25.3. The summed E-state index contributed by atoms with van der Waals surface area (Å²) in [6.45, 7) is 1.87. The van der Waals surface area contributed by atoms with Crippen LogP contribution >= 0.6 is 0 Å². The number of ether oxygens (including phenoxy) is 3. The minimum atomic E-state index is -2.02. The SMILES string of the molecule is CC(=O)OC(C(=O)O)C(OC(C)=O)C(=O)NCc1ccc2c(c1)-c1n[nH]c(=O)c3cccc(c13)O2. The second kappa shape index (κ2) is 9.25. The van der Waals surface area contributed by atoms with Gasteiger partial charge in [0, 0.05) is 26.0 Å². The highest BCUT2D eigenvalue weighted by atomic mass is 16.6. The van der Waals surface area contributed by atoms with E-state index >= 15 is 0 Å². The number of carbonyl (C=O) groups excluding carboxylic acids is 3. The molecule has 1 aliphatic heterocycles. The monoisotopic (exact) mass is 481 g/mol. The normalized spacial score (nSPS) is 13.1. The van der Waals surface area contributed by atoms with Gasteiger partial charge < -0.3 is 24.6 Å². The number of carboxylic acid groups (broad SMARTS) is 1. The minimum Gasteiger partial charge on any atom is -0.478 e. The maximum atomic E-state index is 12.7. The number of aliphatic carboxylic acids is 1. The molecule has 2 aromatic carbocycles. The number of nitrogens with zero attached hydrogens (tertiary/aromatic N) is 1. The number of benzene rings is 2. The van der Waals surface area contributed by atoms with Crippen LogP contribution in [0.1, 0.15) is 19.4 Å². The fourth-order valence-electron chi connectivity index (χ4n) is 3.69. The fourth-order valence-corrected chi connectivity index (χ4v) is 3.69. The van der Waals surface area contributed by atoms with Gasteiger partial charge in [0.15, 0.2) is 0 Å². The van der Waals surface area contributed by atoms with Crippen molar-refractivity contribution in [2.24, 2.45) is 0 Å². The molecule has 2 unspecified atom stereocenters. The first kappa shape index (κ1) is 23.4. The number of aromatic nitrogens is 2. The van der Waals surface area contributed by atoms with Crippen molar-refractivity contribution in [3.05, 3.63) is 52.3 Å². The molecule has 0 bridgehead atoms. The highest BCUT2D eigenvalue weighted by molar-refractivity contribution is 6.01. The molecule has 4 rings (SSSR count). The summed E-state index contributed by atoms with van der Waals surface area (Å²) in [6, 6.07) is 10.1. The number of carboxylic acids is 1. The van der Waals surface area contributed by atoms with E-state index in [9.17, 15) is 29.1 Å². The number of hydrogen-bond donors (Lipinski definition) is 3. The molecule has 2 heterocycles. The lowest BCUT2D eigenvalue weighted by Crippen LogP contribution is -2.49. The van der Waals surface area contributed by atoms with Crippen molar-refractivity contribution in [1.29, 1.82) is 0 Å². The zero-order valence-corrected chi connectivity index (χ0v) is 18.5. The van der Waals surface area contributed by atoms with E-state index in [-0.39, 0.29) is 12.1 Å². The summed E-state index contributed by atoms with van der Waals surface area (Å²) in [5, 5.41) is 19.4. The lowest BCUT2D eigenvalue weighted by Gasteiger charge is -2.23. The van der Waals surface area contributed by atoms with Crippen LogP contribution in [-0.2, 0) is 35.2 Å². The Kier molecular flexibility index (Phi) is 6.19. The maximum absolute atomic E-state index is 12.7. The van der Waals surface area contributed by atoms with Crippen LogP contribution in [0.3, 0.4) is 0 Å². The van der Waals surface area contributed by atoms with E-state index in [0.29, 0.717) is 39.1 Å². The molecule has 12 heteroatoms. The van der Waals surface area contributed by atoms with Crippen molar-refractivity contribution in [2.75, 3.05) is 0 Å². The highest BCUT2D eigenvalue weighted by Crippen LogP contribution is 2.44.